The van der Waals surface area contributed by atoms with Gasteiger partial charge in [0.25, 0.3) is 0 Å². The molecule has 1 heterocycles. The number of rotatable bonds is 2. The van der Waals surface area contributed by atoms with Gasteiger partial charge in [-0.1, -0.05) is 0 Å². The molecule has 0 spiro atoms. The average molecular weight is 376 g/mol. The Morgan fingerprint density at radius 3 is 2.19 bits per heavy atom. The molecule has 1 fully saturated rings. The molecule has 1 aromatic carbocycles. The predicted molar refractivity (Wildman–Crippen MR) is 88.6 cm³/mol. The molecular weight excluding hydrogens is 354 g/mol. The number of nitrogens with zero attached hydrogens (tertiary/aromatic N) is 2. The first kappa shape index (κ1) is 16.7. The van der Waals surface area contributed by atoms with E-state index in [2.05, 4.69) is 41.6 Å². The van der Waals surface area contributed by atoms with Gasteiger partial charge in [0.05, 0.1) is 4.90 Å². The summed E-state index contributed by atoms with van der Waals surface area (Å²) in [6, 6.07) is 4.77. The van der Waals surface area contributed by atoms with Gasteiger partial charge >= 0.3 is 0 Å². The van der Waals surface area contributed by atoms with Crippen LogP contribution in [-0.2, 0) is 10.0 Å². The first-order valence-corrected chi connectivity index (χ1v) is 9.16. The van der Waals surface area contributed by atoms with Crippen LogP contribution in [0.15, 0.2) is 27.6 Å². The van der Waals surface area contributed by atoms with Gasteiger partial charge in [-0.3, -0.25) is 4.90 Å². The fourth-order valence-electron chi connectivity index (χ4n) is 2.43. The summed E-state index contributed by atoms with van der Waals surface area (Å²) < 4.78 is 27.5. The Labute approximate surface area is 135 Å². The fourth-order valence-corrected chi connectivity index (χ4v) is 4.14. The third-order valence-electron chi connectivity index (χ3n) is 3.79. The molecule has 0 aromatic heterocycles. The Morgan fingerprint density at radius 1 is 1.14 bits per heavy atom. The molecule has 2 rings (SSSR count). The van der Waals surface area contributed by atoms with Crippen LogP contribution >= 0.6 is 15.9 Å². The van der Waals surface area contributed by atoms with E-state index in [1.807, 2.05) is 0 Å². The van der Waals surface area contributed by atoms with E-state index in [1.54, 1.807) is 12.1 Å². The molecule has 1 aromatic rings. The second-order valence-corrected chi connectivity index (χ2v) is 9.04. The molecule has 0 unspecified atom stereocenters. The van der Waals surface area contributed by atoms with Crippen molar-refractivity contribution in [2.24, 2.45) is 0 Å². The van der Waals surface area contributed by atoms with Crippen molar-refractivity contribution < 1.29 is 8.42 Å². The third-order valence-corrected chi connectivity index (χ3v) is 6.41. The maximum Gasteiger partial charge on any atom is 0.243 e. The number of halogens is 1. The van der Waals surface area contributed by atoms with E-state index >= 15 is 0 Å². The van der Waals surface area contributed by atoms with Crippen molar-refractivity contribution in [3.8, 4) is 0 Å². The van der Waals surface area contributed by atoms with Crippen LogP contribution in [0.5, 0.6) is 0 Å². The van der Waals surface area contributed by atoms with E-state index in [-0.39, 0.29) is 10.4 Å². The molecule has 1 aliphatic rings. The minimum absolute atomic E-state index is 0.0674. The molecule has 21 heavy (non-hydrogen) atoms. The van der Waals surface area contributed by atoms with Crippen LogP contribution in [0, 0.1) is 0 Å². The van der Waals surface area contributed by atoms with Crippen molar-refractivity contribution >= 4 is 31.6 Å². The zero-order chi connectivity index (χ0) is 15.8. The summed E-state index contributed by atoms with van der Waals surface area (Å²) in [5, 5.41) is 0. The minimum Gasteiger partial charge on any atom is -0.398 e. The molecule has 0 bridgehead atoms. The third kappa shape index (κ3) is 3.59. The monoisotopic (exact) mass is 375 g/mol. The van der Waals surface area contributed by atoms with Crippen molar-refractivity contribution in [3.05, 3.63) is 22.7 Å². The van der Waals surface area contributed by atoms with Gasteiger partial charge < -0.3 is 5.73 Å². The van der Waals surface area contributed by atoms with Crippen LogP contribution in [0.1, 0.15) is 20.8 Å². The van der Waals surface area contributed by atoms with Crippen LogP contribution in [0.25, 0.3) is 0 Å². The molecule has 7 heteroatoms. The Balaban J connectivity index is 2.17. The lowest BCUT2D eigenvalue weighted by Crippen LogP contribution is -2.54. The van der Waals surface area contributed by atoms with Gasteiger partial charge in [-0.05, 0) is 54.9 Å². The second kappa shape index (κ2) is 5.87. The highest BCUT2D eigenvalue weighted by Gasteiger charge is 2.32. The predicted octanol–water partition coefficient (Wildman–Crippen LogP) is 2.14. The van der Waals surface area contributed by atoms with Crippen LogP contribution in [0.3, 0.4) is 0 Å². The Kier molecular flexibility index (Phi) is 4.68. The Morgan fingerprint density at radius 2 is 1.71 bits per heavy atom. The minimum atomic E-state index is -3.46. The van der Waals surface area contributed by atoms with Crippen LogP contribution in [-0.4, -0.2) is 49.3 Å². The zero-order valence-corrected chi connectivity index (χ0v) is 15.0. The Hall–Kier alpha value is -0.630. The molecule has 1 saturated heterocycles. The summed E-state index contributed by atoms with van der Waals surface area (Å²) in [5.41, 5.74) is 6.29. The van der Waals surface area contributed by atoms with Gasteiger partial charge in [0, 0.05) is 41.9 Å². The van der Waals surface area contributed by atoms with E-state index in [0.29, 0.717) is 23.2 Å². The van der Waals surface area contributed by atoms with E-state index < -0.39 is 10.0 Å². The maximum absolute atomic E-state index is 12.6. The molecule has 0 saturated carbocycles. The summed E-state index contributed by atoms with van der Waals surface area (Å²) in [5.74, 6) is 0. The topological polar surface area (TPSA) is 66.6 Å². The summed E-state index contributed by atoms with van der Waals surface area (Å²) in [6.45, 7) is 8.94. The number of sulfonamides is 1. The number of anilines is 1. The van der Waals surface area contributed by atoms with Crippen molar-refractivity contribution in [1.29, 1.82) is 0 Å². The lowest BCUT2D eigenvalue weighted by molar-refractivity contribution is 0.0922. The SMILES string of the molecule is CC(C)(C)N1CCN(S(=O)(=O)c2ccc(Br)c(N)c2)CC1. The first-order valence-electron chi connectivity index (χ1n) is 6.92. The summed E-state index contributed by atoms with van der Waals surface area (Å²) in [6.07, 6.45) is 0. The Bertz CT molecular complexity index is 618. The molecule has 0 radical (unpaired) electrons. The van der Waals surface area contributed by atoms with Crippen LogP contribution in [0.4, 0.5) is 5.69 Å². The number of benzene rings is 1. The van der Waals surface area contributed by atoms with Crippen LogP contribution in [0.2, 0.25) is 0 Å². The molecule has 0 aliphatic carbocycles. The van der Waals surface area contributed by atoms with Gasteiger partial charge in [0.2, 0.25) is 10.0 Å². The fraction of sp³-hybridized carbons (Fsp3) is 0.571. The maximum atomic E-state index is 12.6. The molecule has 5 nitrogen and oxygen atoms in total. The molecular formula is C14H22BrN3O2S. The number of hydrogen-bond acceptors (Lipinski definition) is 4. The summed E-state index contributed by atoms with van der Waals surface area (Å²) in [4.78, 5) is 2.56. The zero-order valence-electron chi connectivity index (χ0n) is 12.6. The lowest BCUT2D eigenvalue weighted by Gasteiger charge is -2.41. The van der Waals surface area contributed by atoms with Gasteiger partial charge in [0.15, 0.2) is 0 Å². The normalized spacial score (nSPS) is 18.9. The molecule has 0 amide bonds. The summed E-state index contributed by atoms with van der Waals surface area (Å²) >= 11 is 3.28. The molecule has 0 atom stereocenters. The van der Waals surface area contributed by atoms with E-state index in [4.69, 9.17) is 5.73 Å². The van der Waals surface area contributed by atoms with Gasteiger partial charge in [0.1, 0.15) is 0 Å². The van der Waals surface area contributed by atoms with Gasteiger partial charge in [-0.2, -0.15) is 4.31 Å². The first-order chi connectivity index (χ1) is 9.62. The second-order valence-electron chi connectivity index (χ2n) is 6.25. The molecule has 118 valence electrons. The van der Waals surface area contributed by atoms with Gasteiger partial charge in [-0.15, -0.1) is 0 Å². The van der Waals surface area contributed by atoms with E-state index in [1.165, 1.54) is 10.4 Å². The average Bonchev–Trinajstić information content (AvgIpc) is 2.41. The number of nitrogen functional groups attached to an aromatic ring is 1. The number of piperazine rings is 1. The number of nitrogens with two attached hydrogens (primary N) is 1. The highest BCUT2D eigenvalue weighted by Crippen LogP contribution is 2.26. The van der Waals surface area contributed by atoms with E-state index in [9.17, 15) is 8.42 Å². The van der Waals surface area contributed by atoms with Crippen molar-refractivity contribution in [3.63, 3.8) is 0 Å². The standard InChI is InChI=1S/C14H22BrN3O2S/c1-14(2,3)17-6-8-18(9-7-17)21(19,20)11-4-5-12(15)13(16)10-11/h4-5,10H,6-9,16H2,1-3H3. The van der Waals surface area contributed by atoms with E-state index in [0.717, 1.165) is 13.1 Å². The quantitative estimate of drug-likeness (QED) is 0.804. The summed E-state index contributed by atoms with van der Waals surface area (Å²) in [7, 11) is -3.46. The van der Waals surface area contributed by atoms with Crippen LogP contribution < -0.4 is 5.73 Å². The number of hydrogen-bond donors (Lipinski definition) is 1. The van der Waals surface area contributed by atoms with Gasteiger partial charge in [-0.25, -0.2) is 8.42 Å². The van der Waals surface area contributed by atoms with Crippen molar-refractivity contribution in [1.82, 2.24) is 9.21 Å². The highest BCUT2D eigenvalue weighted by atomic mass is 79.9. The smallest absolute Gasteiger partial charge is 0.243 e. The van der Waals surface area contributed by atoms with Crippen molar-refractivity contribution in [2.75, 3.05) is 31.9 Å². The largest absolute Gasteiger partial charge is 0.398 e. The lowest BCUT2D eigenvalue weighted by atomic mass is 10.1. The highest BCUT2D eigenvalue weighted by molar-refractivity contribution is 9.10. The molecule has 1 aliphatic heterocycles. The molecule has 2 N–H and O–H groups in total. The van der Waals surface area contributed by atoms with Crippen molar-refractivity contribution in [2.45, 2.75) is 31.2 Å².